The molecule has 0 aliphatic heterocycles. The summed E-state index contributed by atoms with van der Waals surface area (Å²) in [6.45, 7) is 0. The molecule has 0 aliphatic rings. The highest BCUT2D eigenvalue weighted by atomic mass is 19.1. The summed E-state index contributed by atoms with van der Waals surface area (Å²) in [5, 5.41) is 16.3. The van der Waals surface area contributed by atoms with Crippen molar-refractivity contribution in [2.24, 2.45) is 0 Å². The van der Waals surface area contributed by atoms with Crippen LogP contribution in [0.15, 0.2) is 73.2 Å². The first-order valence-electron chi connectivity index (χ1n) is 8.97. The smallest absolute Gasteiger partial charge is 0.261 e. The van der Waals surface area contributed by atoms with Crippen molar-refractivity contribution < 1.29 is 13.9 Å². The van der Waals surface area contributed by atoms with Gasteiger partial charge in [0.2, 0.25) is 0 Å². The highest BCUT2D eigenvalue weighted by Gasteiger charge is 2.21. The minimum atomic E-state index is -0.430. The van der Waals surface area contributed by atoms with Crippen LogP contribution < -0.4 is 10.1 Å². The van der Waals surface area contributed by atoms with Crippen molar-refractivity contribution >= 4 is 11.6 Å². The molecule has 0 spiro atoms. The Hall–Kier alpha value is -4.38. The third-order valence-corrected chi connectivity index (χ3v) is 4.49. The number of anilines is 1. The first-order valence-corrected chi connectivity index (χ1v) is 8.97. The molecule has 0 unspecified atom stereocenters. The van der Waals surface area contributed by atoms with Gasteiger partial charge in [0.15, 0.2) is 5.82 Å². The Morgan fingerprint density at radius 3 is 2.57 bits per heavy atom. The van der Waals surface area contributed by atoms with Crippen LogP contribution in [0.1, 0.15) is 15.9 Å². The third kappa shape index (κ3) is 3.52. The first kappa shape index (κ1) is 19.0. The fourth-order valence-electron chi connectivity index (χ4n) is 3.06. The second-order valence-electron chi connectivity index (χ2n) is 6.34. The molecule has 0 aliphatic carbocycles. The minimum Gasteiger partial charge on any atom is -0.495 e. The molecule has 2 aromatic heterocycles. The van der Waals surface area contributed by atoms with E-state index in [1.54, 1.807) is 45.9 Å². The van der Waals surface area contributed by atoms with Gasteiger partial charge in [-0.1, -0.05) is 0 Å². The fraction of sp³-hybridized carbons (Fsp3) is 0.0455. The molecule has 0 radical (unpaired) electrons. The Morgan fingerprint density at radius 2 is 1.90 bits per heavy atom. The zero-order chi connectivity index (χ0) is 21.1. The number of hydrogen-bond acceptors (Lipinski definition) is 4. The number of hydrogen-bond donors (Lipinski definition) is 1. The molecule has 4 aromatic rings. The summed E-state index contributed by atoms with van der Waals surface area (Å²) in [5.74, 6) is 0.117. The zero-order valence-electron chi connectivity index (χ0n) is 15.9. The summed E-state index contributed by atoms with van der Waals surface area (Å²) >= 11 is 0. The summed E-state index contributed by atoms with van der Waals surface area (Å²) in [6, 6.07) is 16.3. The van der Waals surface area contributed by atoms with Gasteiger partial charge in [0, 0.05) is 12.4 Å². The topological polar surface area (TPSA) is 84.9 Å². The molecule has 0 fully saturated rings. The standard InChI is InChI=1S/C22H16FN5O2/c1-30-20-9-4-15(13-24)12-19(20)26-21(29)18-14-25-28(17-7-5-16(23)6-8-17)22(18)27-10-2-3-11-27/h2-12,14H,1H3,(H,26,29). The predicted octanol–water partition coefficient (Wildman–Crippen LogP) is 3.93. The number of carbonyl (C=O) groups excluding carboxylic acids is 1. The van der Waals surface area contributed by atoms with E-state index in [9.17, 15) is 9.18 Å². The van der Waals surface area contributed by atoms with E-state index in [2.05, 4.69) is 10.4 Å². The summed E-state index contributed by atoms with van der Waals surface area (Å²) in [5.41, 5.74) is 1.65. The Kier molecular flexibility index (Phi) is 5.01. The van der Waals surface area contributed by atoms with Crippen molar-refractivity contribution in [1.82, 2.24) is 14.3 Å². The Balaban J connectivity index is 1.77. The van der Waals surface area contributed by atoms with E-state index in [-0.39, 0.29) is 5.82 Å². The van der Waals surface area contributed by atoms with E-state index in [0.717, 1.165) is 0 Å². The number of halogens is 1. The van der Waals surface area contributed by atoms with Crippen LogP contribution in [0.5, 0.6) is 5.75 Å². The van der Waals surface area contributed by atoms with Crippen LogP contribution in [0.2, 0.25) is 0 Å². The Morgan fingerprint density at radius 1 is 1.17 bits per heavy atom. The number of ether oxygens (including phenoxy) is 1. The van der Waals surface area contributed by atoms with Crippen LogP contribution in [0.4, 0.5) is 10.1 Å². The number of carbonyl (C=O) groups is 1. The van der Waals surface area contributed by atoms with Gasteiger partial charge in [-0.25, -0.2) is 9.07 Å². The Labute approximate surface area is 171 Å². The Bertz CT molecular complexity index is 1240. The number of rotatable bonds is 5. The van der Waals surface area contributed by atoms with Gasteiger partial charge in [0.1, 0.15) is 17.1 Å². The van der Waals surface area contributed by atoms with Gasteiger partial charge in [-0.15, -0.1) is 0 Å². The molecule has 2 aromatic carbocycles. The van der Waals surface area contributed by atoms with Gasteiger partial charge >= 0.3 is 0 Å². The summed E-state index contributed by atoms with van der Waals surface area (Å²) < 4.78 is 21.9. The minimum absolute atomic E-state index is 0.292. The highest BCUT2D eigenvalue weighted by molar-refractivity contribution is 6.07. The van der Waals surface area contributed by atoms with Crippen LogP contribution in [-0.4, -0.2) is 27.4 Å². The zero-order valence-corrected chi connectivity index (χ0v) is 15.9. The maximum Gasteiger partial charge on any atom is 0.261 e. The molecule has 1 amide bonds. The molecule has 148 valence electrons. The van der Waals surface area contributed by atoms with E-state index >= 15 is 0 Å². The number of nitrogens with one attached hydrogen (secondary N) is 1. The third-order valence-electron chi connectivity index (χ3n) is 4.49. The maximum atomic E-state index is 13.4. The SMILES string of the molecule is COc1ccc(C#N)cc1NC(=O)c1cnn(-c2ccc(F)cc2)c1-n1cccc1. The number of nitrogens with zero attached hydrogens (tertiary/aromatic N) is 4. The summed E-state index contributed by atoms with van der Waals surface area (Å²) in [6.07, 6.45) is 5.00. The molecule has 4 rings (SSSR count). The molecule has 0 atom stereocenters. The molecular formula is C22H16FN5O2. The van der Waals surface area contributed by atoms with Gasteiger partial charge in [0.05, 0.1) is 36.3 Å². The van der Waals surface area contributed by atoms with Gasteiger partial charge in [-0.2, -0.15) is 10.4 Å². The van der Waals surface area contributed by atoms with E-state index in [0.29, 0.717) is 34.1 Å². The lowest BCUT2D eigenvalue weighted by atomic mass is 10.2. The lowest BCUT2D eigenvalue weighted by molar-refractivity contribution is 0.102. The summed E-state index contributed by atoms with van der Waals surface area (Å²) in [4.78, 5) is 13.1. The van der Waals surface area contributed by atoms with Crippen LogP contribution in [0.3, 0.4) is 0 Å². The van der Waals surface area contributed by atoms with Gasteiger partial charge < -0.3 is 14.6 Å². The lowest BCUT2D eigenvalue weighted by Gasteiger charge is -2.13. The van der Waals surface area contributed by atoms with Crippen molar-refractivity contribution in [2.45, 2.75) is 0 Å². The van der Waals surface area contributed by atoms with Crippen molar-refractivity contribution in [3.05, 3.63) is 90.1 Å². The van der Waals surface area contributed by atoms with E-state index in [4.69, 9.17) is 10.00 Å². The largest absolute Gasteiger partial charge is 0.495 e. The molecule has 8 heteroatoms. The summed E-state index contributed by atoms with van der Waals surface area (Å²) in [7, 11) is 1.48. The van der Waals surface area contributed by atoms with E-state index in [1.165, 1.54) is 31.5 Å². The van der Waals surface area contributed by atoms with Crippen LogP contribution in [0.25, 0.3) is 11.5 Å². The number of amides is 1. The highest BCUT2D eigenvalue weighted by Crippen LogP contribution is 2.27. The predicted molar refractivity (Wildman–Crippen MR) is 109 cm³/mol. The number of aromatic nitrogens is 3. The lowest BCUT2D eigenvalue weighted by Crippen LogP contribution is -2.16. The molecule has 30 heavy (non-hydrogen) atoms. The average molecular weight is 401 g/mol. The van der Waals surface area contributed by atoms with E-state index < -0.39 is 5.91 Å². The first-order chi connectivity index (χ1) is 14.6. The fourth-order valence-corrected chi connectivity index (χ4v) is 3.06. The van der Waals surface area contributed by atoms with Gasteiger partial charge in [-0.3, -0.25) is 4.79 Å². The normalized spacial score (nSPS) is 10.4. The van der Waals surface area contributed by atoms with Crippen LogP contribution in [-0.2, 0) is 0 Å². The van der Waals surface area contributed by atoms with Crippen molar-refractivity contribution in [3.8, 4) is 23.3 Å². The molecule has 1 N–H and O–H groups in total. The average Bonchev–Trinajstić information content (AvgIpc) is 3.44. The molecule has 2 heterocycles. The van der Waals surface area contributed by atoms with Gasteiger partial charge in [0.25, 0.3) is 5.91 Å². The van der Waals surface area contributed by atoms with Crippen molar-refractivity contribution in [3.63, 3.8) is 0 Å². The van der Waals surface area contributed by atoms with E-state index in [1.807, 2.05) is 18.2 Å². The van der Waals surface area contributed by atoms with Crippen molar-refractivity contribution in [1.29, 1.82) is 5.26 Å². The molecule has 7 nitrogen and oxygen atoms in total. The number of nitriles is 1. The second-order valence-corrected chi connectivity index (χ2v) is 6.34. The maximum absolute atomic E-state index is 13.4. The molecule has 0 saturated carbocycles. The molecular weight excluding hydrogens is 385 g/mol. The second kappa shape index (κ2) is 7.93. The quantitative estimate of drug-likeness (QED) is 0.549. The molecule has 0 saturated heterocycles. The number of methoxy groups -OCH3 is 1. The van der Waals surface area contributed by atoms with Gasteiger partial charge in [-0.05, 0) is 54.6 Å². The van der Waals surface area contributed by atoms with Crippen LogP contribution >= 0.6 is 0 Å². The van der Waals surface area contributed by atoms with Crippen LogP contribution in [0, 0.1) is 17.1 Å². The number of benzene rings is 2. The monoisotopic (exact) mass is 401 g/mol. The van der Waals surface area contributed by atoms with Crippen molar-refractivity contribution in [2.75, 3.05) is 12.4 Å². The molecule has 0 bridgehead atoms.